The van der Waals surface area contributed by atoms with Gasteiger partial charge in [0.25, 0.3) is 5.91 Å². The quantitative estimate of drug-likeness (QED) is 0.845. The molecule has 126 valence electrons. The first-order chi connectivity index (χ1) is 11.4. The standard InChI is InChI=1S/C18H17F2NO3/c1-11(2)13-5-3-4-6-16(13)21-17(22)10-24-18(23)14-8-7-12(19)9-15(14)20/h3-9,11H,10H2,1-2H3,(H,21,22). The minimum atomic E-state index is -1.04. The van der Waals surface area contributed by atoms with Gasteiger partial charge in [0, 0.05) is 11.8 Å². The van der Waals surface area contributed by atoms with Crippen molar-refractivity contribution in [2.24, 2.45) is 0 Å². The summed E-state index contributed by atoms with van der Waals surface area (Å²) >= 11 is 0. The van der Waals surface area contributed by atoms with E-state index < -0.39 is 35.7 Å². The highest BCUT2D eigenvalue weighted by Crippen LogP contribution is 2.23. The Morgan fingerprint density at radius 3 is 2.50 bits per heavy atom. The SMILES string of the molecule is CC(C)c1ccccc1NC(=O)COC(=O)c1ccc(F)cc1F. The molecule has 0 atom stereocenters. The van der Waals surface area contributed by atoms with Crippen LogP contribution in [0.25, 0.3) is 0 Å². The van der Waals surface area contributed by atoms with E-state index >= 15 is 0 Å². The second kappa shape index (κ2) is 7.68. The molecule has 0 unspecified atom stereocenters. The zero-order valence-electron chi connectivity index (χ0n) is 13.3. The Hall–Kier alpha value is -2.76. The minimum absolute atomic E-state index is 0.206. The molecular formula is C18H17F2NO3. The van der Waals surface area contributed by atoms with Crippen molar-refractivity contribution in [3.63, 3.8) is 0 Å². The van der Waals surface area contributed by atoms with Gasteiger partial charge in [-0.2, -0.15) is 0 Å². The topological polar surface area (TPSA) is 55.4 Å². The van der Waals surface area contributed by atoms with E-state index in [-0.39, 0.29) is 5.92 Å². The maximum absolute atomic E-state index is 13.5. The van der Waals surface area contributed by atoms with Gasteiger partial charge in [-0.25, -0.2) is 13.6 Å². The average molecular weight is 333 g/mol. The van der Waals surface area contributed by atoms with Crippen molar-refractivity contribution in [1.29, 1.82) is 0 Å². The lowest BCUT2D eigenvalue weighted by atomic mass is 10.0. The number of carbonyl (C=O) groups is 2. The highest BCUT2D eigenvalue weighted by atomic mass is 19.1. The lowest BCUT2D eigenvalue weighted by Crippen LogP contribution is -2.22. The predicted octanol–water partition coefficient (Wildman–Crippen LogP) is 3.88. The van der Waals surface area contributed by atoms with Crippen molar-refractivity contribution in [3.05, 3.63) is 65.2 Å². The summed E-state index contributed by atoms with van der Waals surface area (Å²) in [6.45, 7) is 3.41. The summed E-state index contributed by atoms with van der Waals surface area (Å²) in [7, 11) is 0. The van der Waals surface area contributed by atoms with Crippen LogP contribution < -0.4 is 5.32 Å². The second-order valence-corrected chi connectivity index (χ2v) is 5.49. The van der Waals surface area contributed by atoms with Gasteiger partial charge in [0.15, 0.2) is 6.61 Å². The van der Waals surface area contributed by atoms with Gasteiger partial charge in [-0.1, -0.05) is 32.0 Å². The van der Waals surface area contributed by atoms with Crippen molar-refractivity contribution < 1.29 is 23.1 Å². The maximum atomic E-state index is 13.5. The lowest BCUT2D eigenvalue weighted by molar-refractivity contribution is -0.119. The third kappa shape index (κ3) is 4.38. The third-order valence-electron chi connectivity index (χ3n) is 3.34. The number of nitrogens with one attached hydrogen (secondary N) is 1. The molecule has 0 aliphatic heterocycles. The van der Waals surface area contributed by atoms with E-state index in [1.54, 1.807) is 12.1 Å². The van der Waals surface area contributed by atoms with Crippen LogP contribution in [0.1, 0.15) is 35.7 Å². The van der Waals surface area contributed by atoms with Gasteiger partial charge >= 0.3 is 5.97 Å². The third-order valence-corrected chi connectivity index (χ3v) is 3.34. The first kappa shape index (κ1) is 17.6. The van der Waals surface area contributed by atoms with Gasteiger partial charge in [0.2, 0.25) is 0 Å². The Morgan fingerprint density at radius 1 is 1.12 bits per heavy atom. The maximum Gasteiger partial charge on any atom is 0.341 e. The first-order valence-corrected chi connectivity index (χ1v) is 7.39. The predicted molar refractivity (Wildman–Crippen MR) is 85.8 cm³/mol. The van der Waals surface area contributed by atoms with E-state index in [1.807, 2.05) is 26.0 Å². The molecular weight excluding hydrogens is 316 g/mol. The van der Waals surface area contributed by atoms with Crippen LogP contribution >= 0.6 is 0 Å². The fourth-order valence-electron chi connectivity index (χ4n) is 2.16. The van der Waals surface area contributed by atoms with Gasteiger partial charge < -0.3 is 10.1 Å². The zero-order chi connectivity index (χ0) is 17.7. The molecule has 0 saturated carbocycles. The summed E-state index contributed by atoms with van der Waals surface area (Å²) in [5.74, 6) is -3.20. The molecule has 0 aliphatic carbocycles. The number of rotatable bonds is 5. The van der Waals surface area contributed by atoms with Gasteiger partial charge in [-0.05, 0) is 29.7 Å². The van der Waals surface area contributed by atoms with Gasteiger partial charge in [0.05, 0.1) is 5.56 Å². The van der Waals surface area contributed by atoms with Gasteiger partial charge in [-0.3, -0.25) is 4.79 Å². The molecule has 0 bridgehead atoms. The number of para-hydroxylation sites is 1. The number of amides is 1. The highest BCUT2D eigenvalue weighted by Gasteiger charge is 2.16. The molecule has 0 saturated heterocycles. The number of halogens is 2. The molecule has 0 aliphatic rings. The normalized spacial score (nSPS) is 10.5. The monoisotopic (exact) mass is 333 g/mol. The molecule has 24 heavy (non-hydrogen) atoms. The Kier molecular flexibility index (Phi) is 5.63. The van der Waals surface area contributed by atoms with Crippen molar-refractivity contribution in [3.8, 4) is 0 Å². The van der Waals surface area contributed by atoms with E-state index in [2.05, 4.69) is 5.32 Å². The molecule has 2 rings (SSSR count). The summed E-state index contributed by atoms with van der Waals surface area (Å²) in [5, 5.41) is 2.65. The smallest absolute Gasteiger partial charge is 0.341 e. The van der Waals surface area contributed by atoms with Crippen LogP contribution in [-0.4, -0.2) is 18.5 Å². The Balaban J connectivity index is 1.97. The Labute approximate surface area is 138 Å². The summed E-state index contributed by atoms with van der Waals surface area (Å²) < 4.78 is 31.1. The van der Waals surface area contributed by atoms with Crippen LogP contribution in [0.3, 0.4) is 0 Å². The van der Waals surface area contributed by atoms with Gasteiger partial charge in [-0.15, -0.1) is 0 Å². The molecule has 0 fully saturated rings. The zero-order valence-corrected chi connectivity index (χ0v) is 13.3. The van der Waals surface area contributed by atoms with E-state index in [0.29, 0.717) is 11.8 Å². The summed E-state index contributed by atoms with van der Waals surface area (Å²) in [4.78, 5) is 23.7. The van der Waals surface area contributed by atoms with Crippen molar-refractivity contribution in [2.45, 2.75) is 19.8 Å². The Morgan fingerprint density at radius 2 is 1.83 bits per heavy atom. The number of benzene rings is 2. The van der Waals surface area contributed by atoms with E-state index in [4.69, 9.17) is 4.74 Å². The van der Waals surface area contributed by atoms with Crippen molar-refractivity contribution >= 4 is 17.6 Å². The van der Waals surface area contributed by atoms with Crippen LogP contribution in [0.5, 0.6) is 0 Å². The van der Waals surface area contributed by atoms with E-state index in [9.17, 15) is 18.4 Å². The van der Waals surface area contributed by atoms with Crippen LogP contribution in [0.4, 0.5) is 14.5 Å². The molecule has 0 aromatic heterocycles. The molecule has 2 aromatic rings. The number of ether oxygens (including phenoxy) is 1. The number of carbonyl (C=O) groups excluding carboxylic acids is 2. The lowest BCUT2D eigenvalue weighted by Gasteiger charge is -2.13. The molecule has 0 spiro atoms. The van der Waals surface area contributed by atoms with Crippen molar-refractivity contribution in [1.82, 2.24) is 0 Å². The van der Waals surface area contributed by atoms with E-state index in [0.717, 1.165) is 17.7 Å². The summed E-state index contributed by atoms with van der Waals surface area (Å²) in [6, 6.07) is 9.77. The minimum Gasteiger partial charge on any atom is -0.452 e. The van der Waals surface area contributed by atoms with Crippen molar-refractivity contribution in [2.75, 3.05) is 11.9 Å². The highest BCUT2D eigenvalue weighted by molar-refractivity contribution is 5.96. The number of hydrogen-bond acceptors (Lipinski definition) is 3. The van der Waals surface area contributed by atoms with Gasteiger partial charge in [0.1, 0.15) is 11.6 Å². The second-order valence-electron chi connectivity index (χ2n) is 5.49. The number of hydrogen-bond donors (Lipinski definition) is 1. The molecule has 1 amide bonds. The average Bonchev–Trinajstić information content (AvgIpc) is 2.53. The summed E-state index contributed by atoms with van der Waals surface area (Å²) in [5.41, 5.74) is 1.15. The number of anilines is 1. The largest absolute Gasteiger partial charge is 0.452 e. The van der Waals surface area contributed by atoms with E-state index in [1.165, 1.54) is 0 Å². The number of esters is 1. The van der Waals surface area contributed by atoms with Crippen LogP contribution in [-0.2, 0) is 9.53 Å². The fourth-order valence-corrected chi connectivity index (χ4v) is 2.16. The first-order valence-electron chi connectivity index (χ1n) is 7.39. The molecule has 0 heterocycles. The fraction of sp³-hybridized carbons (Fsp3) is 0.222. The van der Waals surface area contributed by atoms with Crippen LogP contribution in [0.2, 0.25) is 0 Å². The Bertz CT molecular complexity index is 760. The molecule has 2 aromatic carbocycles. The van der Waals surface area contributed by atoms with Crippen LogP contribution in [0.15, 0.2) is 42.5 Å². The summed E-state index contributed by atoms with van der Waals surface area (Å²) in [6.07, 6.45) is 0. The van der Waals surface area contributed by atoms with Crippen LogP contribution in [0, 0.1) is 11.6 Å². The molecule has 6 heteroatoms. The molecule has 4 nitrogen and oxygen atoms in total. The molecule has 0 radical (unpaired) electrons. The molecule has 1 N–H and O–H groups in total.